The molecule has 1 heterocycles. The fraction of sp³-hybridized carbons (Fsp3) is 0.0690. The number of hydrogen-bond acceptors (Lipinski definition) is 6. The maximum absolute atomic E-state index is 14.2. The maximum Gasteiger partial charge on any atom is 0.344 e. The Labute approximate surface area is 240 Å². The highest BCUT2D eigenvalue weighted by atomic mass is 79.9. The van der Waals surface area contributed by atoms with Gasteiger partial charge >= 0.3 is 5.97 Å². The van der Waals surface area contributed by atoms with Gasteiger partial charge in [-0.3, -0.25) is 14.5 Å². The Morgan fingerprint density at radius 2 is 1.82 bits per heavy atom. The van der Waals surface area contributed by atoms with Gasteiger partial charge in [-0.25, -0.2) is 9.18 Å². The second kappa shape index (κ2) is 11.2. The summed E-state index contributed by atoms with van der Waals surface area (Å²) in [5.74, 6) is -1.35. The Kier molecular flexibility index (Phi) is 7.74. The van der Waals surface area contributed by atoms with Gasteiger partial charge in [0.05, 0.1) is 28.6 Å². The van der Waals surface area contributed by atoms with Gasteiger partial charge in [0, 0.05) is 10.6 Å². The van der Waals surface area contributed by atoms with Gasteiger partial charge in [-0.1, -0.05) is 54.1 Å². The number of fused-ring (bicyclic) bond motifs is 1. The molecular weight excluding hydrogens is 609 g/mol. The van der Waals surface area contributed by atoms with Crippen LogP contribution in [-0.4, -0.2) is 29.1 Å². The van der Waals surface area contributed by atoms with Crippen molar-refractivity contribution in [1.29, 1.82) is 0 Å². The van der Waals surface area contributed by atoms with Crippen LogP contribution in [0.2, 0.25) is 5.02 Å². The first-order valence-corrected chi connectivity index (χ1v) is 13.5. The van der Waals surface area contributed by atoms with Gasteiger partial charge in [0.25, 0.3) is 11.1 Å². The van der Waals surface area contributed by atoms with Gasteiger partial charge in [0.15, 0.2) is 11.5 Å². The molecule has 0 aliphatic carbocycles. The van der Waals surface area contributed by atoms with Gasteiger partial charge in [0.2, 0.25) is 0 Å². The number of amides is 2. The molecule has 1 aliphatic rings. The number of halogens is 3. The van der Waals surface area contributed by atoms with Crippen molar-refractivity contribution in [3.8, 4) is 11.5 Å². The third-order valence-electron chi connectivity index (χ3n) is 6.01. The van der Waals surface area contributed by atoms with E-state index >= 15 is 0 Å². The number of methoxy groups -OCH3 is 1. The number of carbonyl (C=O) groups excluding carboxylic acids is 3. The molecule has 0 spiro atoms. The van der Waals surface area contributed by atoms with Crippen molar-refractivity contribution in [3.63, 3.8) is 0 Å². The van der Waals surface area contributed by atoms with Crippen LogP contribution in [0, 0.1) is 5.82 Å². The lowest BCUT2D eigenvalue weighted by atomic mass is 10.0. The fourth-order valence-corrected chi connectivity index (χ4v) is 5.70. The maximum atomic E-state index is 14.2. The summed E-state index contributed by atoms with van der Waals surface area (Å²) in [7, 11) is 1.42. The topological polar surface area (TPSA) is 72.9 Å². The zero-order valence-electron chi connectivity index (χ0n) is 20.2. The summed E-state index contributed by atoms with van der Waals surface area (Å²) in [5, 5.41) is 1.24. The summed E-state index contributed by atoms with van der Waals surface area (Å²) in [6.45, 7) is -0.288. The molecule has 4 aromatic rings. The summed E-state index contributed by atoms with van der Waals surface area (Å²) in [6.07, 6.45) is 1.51. The zero-order valence-corrected chi connectivity index (χ0v) is 23.4. The van der Waals surface area contributed by atoms with Crippen LogP contribution in [0.5, 0.6) is 11.5 Å². The SMILES string of the molecule is COc1cc(/C=C2\SC(=O)N(Cc3c(F)cccc3Cl)C2=O)cc(Br)c1OC(=O)c1cccc2ccccc12. The normalized spacial score (nSPS) is 14.4. The van der Waals surface area contributed by atoms with E-state index in [-0.39, 0.29) is 33.5 Å². The highest BCUT2D eigenvalue weighted by molar-refractivity contribution is 9.10. The summed E-state index contributed by atoms with van der Waals surface area (Å²) in [4.78, 5) is 39.7. The number of thioether (sulfide) groups is 1. The molecule has 0 radical (unpaired) electrons. The number of ether oxygens (including phenoxy) is 2. The molecule has 0 bridgehead atoms. The van der Waals surface area contributed by atoms with E-state index in [1.54, 1.807) is 24.3 Å². The molecule has 0 saturated carbocycles. The van der Waals surface area contributed by atoms with Crippen molar-refractivity contribution < 1.29 is 28.2 Å². The van der Waals surface area contributed by atoms with Crippen LogP contribution in [0.3, 0.4) is 0 Å². The first kappa shape index (κ1) is 26.9. The van der Waals surface area contributed by atoms with Crippen molar-refractivity contribution in [1.82, 2.24) is 4.90 Å². The highest BCUT2D eigenvalue weighted by Crippen LogP contribution is 2.40. The minimum Gasteiger partial charge on any atom is -0.493 e. The van der Waals surface area contributed by atoms with Crippen LogP contribution < -0.4 is 9.47 Å². The Morgan fingerprint density at radius 1 is 1.08 bits per heavy atom. The Hall–Kier alpha value is -3.66. The number of esters is 1. The molecule has 2 amide bonds. The number of carbonyl (C=O) groups is 3. The Bertz CT molecular complexity index is 1670. The number of imide groups is 1. The molecule has 0 N–H and O–H groups in total. The van der Waals surface area contributed by atoms with Crippen LogP contribution in [0.4, 0.5) is 9.18 Å². The molecule has 1 fully saturated rings. The predicted molar refractivity (Wildman–Crippen MR) is 153 cm³/mol. The Balaban J connectivity index is 1.41. The van der Waals surface area contributed by atoms with E-state index in [0.717, 1.165) is 27.4 Å². The lowest BCUT2D eigenvalue weighted by Crippen LogP contribution is -2.28. The minimum atomic E-state index is -0.604. The third-order valence-corrected chi connectivity index (χ3v) is 7.86. The van der Waals surface area contributed by atoms with E-state index in [1.165, 1.54) is 31.4 Å². The van der Waals surface area contributed by atoms with Crippen LogP contribution in [0.25, 0.3) is 16.8 Å². The standard InChI is InChI=1S/C29H18BrClFNO5S/c1-37-24-13-16(14-25-27(34)33(29(36)39-25)15-20-22(31)10-5-11-23(20)32)12-21(30)26(24)38-28(35)19-9-4-7-17-6-2-3-8-18(17)19/h2-14H,15H2,1H3/b25-14-. The van der Waals surface area contributed by atoms with Crippen LogP contribution in [0.15, 0.2) is 82.2 Å². The van der Waals surface area contributed by atoms with Crippen LogP contribution in [-0.2, 0) is 11.3 Å². The average molecular weight is 627 g/mol. The summed E-state index contributed by atoms with van der Waals surface area (Å²) < 4.78 is 25.8. The lowest BCUT2D eigenvalue weighted by molar-refractivity contribution is -0.123. The monoisotopic (exact) mass is 625 g/mol. The largest absolute Gasteiger partial charge is 0.493 e. The summed E-state index contributed by atoms with van der Waals surface area (Å²) in [5.41, 5.74) is 0.970. The second-order valence-corrected chi connectivity index (χ2v) is 10.7. The van der Waals surface area contributed by atoms with Crippen molar-refractivity contribution >= 4 is 73.3 Å². The lowest BCUT2D eigenvalue weighted by Gasteiger charge is -2.14. The molecule has 10 heteroatoms. The van der Waals surface area contributed by atoms with E-state index < -0.39 is 22.9 Å². The molecule has 196 valence electrons. The fourth-order valence-electron chi connectivity index (χ4n) is 4.10. The van der Waals surface area contributed by atoms with Crippen LogP contribution >= 0.6 is 39.3 Å². The van der Waals surface area contributed by atoms with Gasteiger partial charge in [-0.2, -0.15) is 0 Å². The van der Waals surface area contributed by atoms with E-state index in [4.69, 9.17) is 21.1 Å². The summed E-state index contributed by atoms with van der Waals surface area (Å²) >= 11 is 10.2. The van der Waals surface area contributed by atoms with E-state index in [1.807, 2.05) is 30.3 Å². The number of nitrogens with zero attached hydrogens (tertiary/aromatic N) is 1. The number of hydrogen-bond donors (Lipinski definition) is 0. The van der Waals surface area contributed by atoms with Crippen molar-refractivity contribution in [3.05, 3.63) is 110 Å². The van der Waals surface area contributed by atoms with E-state index in [9.17, 15) is 18.8 Å². The van der Waals surface area contributed by atoms with Crippen molar-refractivity contribution in [2.75, 3.05) is 7.11 Å². The first-order chi connectivity index (χ1) is 18.8. The first-order valence-electron chi connectivity index (χ1n) is 11.5. The smallest absolute Gasteiger partial charge is 0.344 e. The molecule has 0 aromatic heterocycles. The van der Waals surface area contributed by atoms with E-state index in [2.05, 4.69) is 15.9 Å². The molecule has 1 saturated heterocycles. The molecular formula is C29H18BrClFNO5S. The molecule has 6 nitrogen and oxygen atoms in total. The predicted octanol–water partition coefficient (Wildman–Crippen LogP) is 7.86. The molecule has 39 heavy (non-hydrogen) atoms. The van der Waals surface area contributed by atoms with Gasteiger partial charge < -0.3 is 9.47 Å². The van der Waals surface area contributed by atoms with Gasteiger partial charge in [-0.05, 0) is 80.4 Å². The minimum absolute atomic E-state index is 0.0597. The quantitative estimate of drug-likeness (QED) is 0.123. The third kappa shape index (κ3) is 5.43. The molecule has 5 rings (SSSR count). The number of rotatable bonds is 6. The number of benzene rings is 4. The zero-order chi connectivity index (χ0) is 27.7. The van der Waals surface area contributed by atoms with Crippen molar-refractivity contribution in [2.24, 2.45) is 0 Å². The molecule has 1 aliphatic heterocycles. The second-order valence-electron chi connectivity index (χ2n) is 8.42. The molecule has 0 unspecified atom stereocenters. The highest BCUT2D eigenvalue weighted by Gasteiger charge is 2.36. The summed E-state index contributed by atoms with van der Waals surface area (Å²) in [6, 6.07) is 20.2. The average Bonchev–Trinajstić information content (AvgIpc) is 3.18. The van der Waals surface area contributed by atoms with E-state index in [0.29, 0.717) is 15.6 Å². The van der Waals surface area contributed by atoms with Gasteiger partial charge in [0.1, 0.15) is 5.82 Å². The molecule has 0 atom stereocenters. The van der Waals surface area contributed by atoms with Gasteiger partial charge in [-0.15, -0.1) is 0 Å². The van der Waals surface area contributed by atoms with Crippen LogP contribution in [0.1, 0.15) is 21.5 Å². The molecule has 4 aromatic carbocycles. The van der Waals surface area contributed by atoms with Crippen molar-refractivity contribution in [2.45, 2.75) is 6.54 Å². The Morgan fingerprint density at radius 3 is 2.59 bits per heavy atom.